The number of nitrogens with zero attached hydrogens (tertiary/aromatic N) is 4. The van der Waals surface area contributed by atoms with E-state index in [0.717, 1.165) is 35.9 Å². The highest BCUT2D eigenvalue weighted by Crippen LogP contribution is 2.24. The first kappa shape index (κ1) is 19.4. The maximum atomic E-state index is 12.5. The van der Waals surface area contributed by atoms with Crippen LogP contribution in [0.1, 0.15) is 24.8 Å². The first-order chi connectivity index (χ1) is 14.1. The van der Waals surface area contributed by atoms with Crippen LogP contribution in [0.5, 0.6) is 0 Å². The number of carbonyl (C=O) groups is 2. The average molecular weight is 412 g/mol. The van der Waals surface area contributed by atoms with Crippen LogP contribution in [0.3, 0.4) is 0 Å². The number of hydrogen-bond donors (Lipinski definition) is 1. The Hall–Kier alpha value is -2.93. The molecule has 1 aliphatic rings. The Morgan fingerprint density at radius 3 is 2.79 bits per heavy atom. The maximum Gasteiger partial charge on any atom is 0.224 e. The van der Waals surface area contributed by atoms with Gasteiger partial charge in [0.2, 0.25) is 11.8 Å². The number of hydrogen-bond acceptors (Lipinski definition) is 4. The van der Waals surface area contributed by atoms with Crippen LogP contribution in [0.15, 0.2) is 42.6 Å². The fourth-order valence-corrected chi connectivity index (χ4v) is 3.79. The van der Waals surface area contributed by atoms with Gasteiger partial charge in [0, 0.05) is 37.6 Å². The van der Waals surface area contributed by atoms with Crippen LogP contribution in [-0.4, -0.2) is 51.1 Å². The number of aromatic nitrogens is 3. The Morgan fingerprint density at radius 1 is 1.17 bits per heavy atom. The third kappa shape index (κ3) is 4.40. The summed E-state index contributed by atoms with van der Waals surface area (Å²) in [6.07, 6.45) is 4.55. The minimum absolute atomic E-state index is 0.0390. The van der Waals surface area contributed by atoms with E-state index < -0.39 is 0 Å². The van der Waals surface area contributed by atoms with Gasteiger partial charge in [0.15, 0.2) is 11.0 Å². The van der Waals surface area contributed by atoms with Crippen molar-refractivity contribution in [2.45, 2.75) is 25.7 Å². The molecule has 3 aromatic rings. The zero-order valence-corrected chi connectivity index (χ0v) is 16.7. The lowest BCUT2D eigenvalue weighted by atomic mass is 10.1. The van der Waals surface area contributed by atoms with Crippen molar-refractivity contribution in [2.24, 2.45) is 0 Å². The van der Waals surface area contributed by atoms with E-state index in [9.17, 15) is 9.59 Å². The standard InChI is InChI=1S/C21H22ClN5O2/c22-18-8-9-19(25-24-18)27-14-15(16-5-1-2-6-17(16)27)13-20(28)23-10-4-12-26-11-3-7-21(26)29/h1-2,5-6,8-9,14H,3-4,7,10-13H2,(H,23,28). The number of rotatable bonds is 7. The predicted octanol–water partition coefficient (Wildman–Crippen LogP) is 2.75. The predicted molar refractivity (Wildman–Crippen MR) is 111 cm³/mol. The molecule has 2 amide bonds. The molecule has 7 nitrogen and oxygen atoms in total. The minimum Gasteiger partial charge on any atom is -0.356 e. The topological polar surface area (TPSA) is 80.1 Å². The number of carbonyl (C=O) groups excluding carboxylic acids is 2. The molecule has 4 rings (SSSR count). The lowest BCUT2D eigenvalue weighted by Crippen LogP contribution is -2.31. The molecule has 1 fully saturated rings. The van der Waals surface area contributed by atoms with E-state index >= 15 is 0 Å². The number of para-hydroxylation sites is 1. The van der Waals surface area contributed by atoms with E-state index in [1.54, 1.807) is 12.1 Å². The zero-order chi connectivity index (χ0) is 20.2. The summed E-state index contributed by atoms with van der Waals surface area (Å²) >= 11 is 5.84. The second kappa shape index (κ2) is 8.61. The van der Waals surface area contributed by atoms with Gasteiger partial charge in [0.1, 0.15) is 0 Å². The van der Waals surface area contributed by atoms with Crippen LogP contribution in [0.4, 0.5) is 0 Å². The molecule has 1 saturated heterocycles. The van der Waals surface area contributed by atoms with E-state index in [1.165, 1.54) is 0 Å². The molecule has 1 aliphatic heterocycles. The summed E-state index contributed by atoms with van der Waals surface area (Å²) in [4.78, 5) is 26.0. The highest BCUT2D eigenvalue weighted by molar-refractivity contribution is 6.29. The Morgan fingerprint density at radius 2 is 2.03 bits per heavy atom. The van der Waals surface area contributed by atoms with Gasteiger partial charge in [-0.15, -0.1) is 10.2 Å². The summed E-state index contributed by atoms with van der Waals surface area (Å²) in [5, 5.41) is 12.3. The van der Waals surface area contributed by atoms with Crippen molar-refractivity contribution in [3.63, 3.8) is 0 Å². The molecule has 8 heteroatoms. The number of amides is 2. The van der Waals surface area contributed by atoms with Gasteiger partial charge in [0.25, 0.3) is 0 Å². The fourth-order valence-electron chi connectivity index (χ4n) is 3.69. The van der Waals surface area contributed by atoms with Crippen LogP contribution < -0.4 is 5.32 Å². The molecule has 0 radical (unpaired) electrons. The monoisotopic (exact) mass is 411 g/mol. The van der Waals surface area contributed by atoms with Crippen molar-refractivity contribution in [1.29, 1.82) is 0 Å². The summed E-state index contributed by atoms with van der Waals surface area (Å²) in [6.45, 7) is 2.09. The molecule has 150 valence electrons. The summed E-state index contributed by atoms with van der Waals surface area (Å²) < 4.78 is 1.92. The summed E-state index contributed by atoms with van der Waals surface area (Å²) in [6, 6.07) is 11.4. The van der Waals surface area contributed by atoms with Crippen LogP contribution >= 0.6 is 11.6 Å². The molecule has 0 atom stereocenters. The molecule has 2 aromatic heterocycles. The van der Waals surface area contributed by atoms with Crippen molar-refractivity contribution >= 4 is 34.3 Å². The Bertz CT molecular complexity index is 1030. The van der Waals surface area contributed by atoms with Gasteiger partial charge >= 0.3 is 0 Å². The van der Waals surface area contributed by atoms with Gasteiger partial charge in [-0.05, 0) is 36.6 Å². The van der Waals surface area contributed by atoms with Crippen molar-refractivity contribution < 1.29 is 9.59 Å². The minimum atomic E-state index is -0.0390. The number of halogens is 1. The van der Waals surface area contributed by atoms with E-state index in [1.807, 2.05) is 39.9 Å². The average Bonchev–Trinajstić information content (AvgIpc) is 3.30. The SMILES string of the molecule is O=C(Cc1cn(-c2ccc(Cl)nn2)c2ccccc12)NCCCN1CCCC1=O. The van der Waals surface area contributed by atoms with Gasteiger partial charge in [-0.3, -0.25) is 14.2 Å². The van der Waals surface area contributed by atoms with Crippen molar-refractivity contribution in [3.8, 4) is 5.82 Å². The van der Waals surface area contributed by atoms with Gasteiger partial charge in [-0.2, -0.15) is 0 Å². The molecule has 0 spiro atoms. The number of fused-ring (bicyclic) bond motifs is 1. The molecule has 0 saturated carbocycles. The molecule has 0 aliphatic carbocycles. The molecule has 0 bridgehead atoms. The second-order valence-electron chi connectivity index (χ2n) is 7.12. The van der Waals surface area contributed by atoms with Gasteiger partial charge in [-0.25, -0.2) is 0 Å². The van der Waals surface area contributed by atoms with Crippen LogP contribution in [0, 0.1) is 0 Å². The number of nitrogens with one attached hydrogen (secondary N) is 1. The number of benzene rings is 1. The Labute approximate surface area is 173 Å². The normalized spacial score (nSPS) is 14.0. The molecule has 1 aromatic carbocycles. The summed E-state index contributed by atoms with van der Waals surface area (Å²) in [5.74, 6) is 0.824. The van der Waals surface area contributed by atoms with Gasteiger partial charge in [0.05, 0.1) is 11.9 Å². The molecule has 0 unspecified atom stereocenters. The molecule has 3 heterocycles. The lowest BCUT2D eigenvalue weighted by molar-refractivity contribution is -0.127. The molecule has 29 heavy (non-hydrogen) atoms. The second-order valence-corrected chi connectivity index (χ2v) is 7.51. The van der Waals surface area contributed by atoms with Crippen molar-refractivity contribution in [3.05, 3.63) is 53.3 Å². The third-order valence-corrected chi connectivity index (χ3v) is 5.31. The van der Waals surface area contributed by atoms with Crippen molar-refractivity contribution in [2.75, 3.05) is 19.6 Å². The first-order valence-electron chi connectivity index (χ1n) is 9.75. The summed E-state index contributed by atoms with van der Waals surface area (Å²) in [7, 11) is 0. The summed E-state index contributed by atoms with van der Waals surface area (Å²) in [5.41, 5.74) is 1.88. The van der Waals surface area contributed by atoms with E-state index in [-0.39, 0.29) is 18.2 Å². The van der Waals surface area contributed by atoms with E-state index in [2.05, 4.69) is 15.5 Å². The molecule has 1 N–H and O–H groups in total. The highest BCUT2D eigenvalue weighted by atomic mass is 35.5. The van der Waals surface area contributed by atoms with Crippen molar-refractivity contribution in [1.82, 2.24) is 25.0 Å². The molecular formula is C21H22ClN5O2. The van der Waals surface area contributed by atoms with E-state index in [4.69, 9.17) is 11.6 Å². The van der Waals surface area contributed by atoms with Crippen LogP contribution in [0.25, 0.3) is 16.7 Å². The molecular weight excluding hydrogens is 390 g/mol. The Kier molecular flexibility index (Phi) is 5.76. The van der Waals surface area contributed by atoms with Gasteiger partial charge in [-0.1, -0.05) is 29.8 Å². The fraction of sp³-hybridized carbons (Fsp3) is 0.333. The van der Waals surface area contributed by atoms with Crippen LogP contribution in [-0.2, 0) is 16.0 Å². The zero-order valence-electron chi connectivity index (χ0n) is 16.0. The first-order valence-corrected chi connectivity index (χ1v) is 10.1. The quantitative estimate of drug-likeness (QED) is 0.606. The van der Waals surface area contributed by atoms with E-state index in [0.29, 0.717) is 30.5 Å². The third-order valence-electron chi connectivity index (χ3n) is 5.11. The lowest BCUT2D eigenvalue weighted by Gasteiger charge is -2.15. The number of likely N-dealkylation sites (tertiary alicyclic amines) is 1. The van der Waals surface area contributed by atoms with Crippen LogP contribution in [0.2, 0.25) is 5.15 Å². The Balaban J connectivity index is 1.41. The van der Waals surface area contributed by atoms with Gasteiger partial charge < -0.3 is 10.2 Å². The largest absolute Gasteiger partial charge is 0.356 e. The maximum absolute atomic E-state index is 12.5. The highest BCUT2D eigenvalue weighted by Gasteiger charge is 2.19. The smallest absolute Gasteiger partial charge is 0.224 e.